The molecule has 92 valence electrons. The molecule has 0 spiro atoms. The number of halogens is 1. The summed E-state index contributed by atoms with van der Waals surface area (Å²) in [6, 6.07) is 2.32. The Morgan fingerprint density at radius 2 is 2.35 bits per heavy atom. The monoisotopic (exact) mass is 313 g/mol. The minimum atomic E-state index is 0.124. The van der Waals surface area contributed by atoms with Gasteiger partial charge < -0.3 is 10.5 Å². The van der Waals surface area contributed by atoms with Crippen molar-refractivity contribution < 1.29 is 4.74 Å². The van der Waals surface area contributed by atoms with E-state index in [0.717, 1.165) is 31.0 Å². The van der Waals surface area contributed by atoms with E-state index in [0.29, 0.717) is 5.25 Å². The molecule has 1 aromatic carbocycles. The molecule has 1 aromatic rings. The second-order valence-electron chi connectivity index (χ2n) is 4.80. The number of benzene rings is 1. The van der Waals surface area contributed by atoms with E-state index in [2.05, 4.69) is 28.9 Å². The van der Waals surface area contributed by atoms with Gasteiger partial charge in [0.2, 0.25) is 0 Å². The topological polar surface area (TPSA) is 35.2 Å². The van der Waals surface area contributed by atoms with Crippen LogP contribution in [-0.4, -0.2) is 11.9 Å². The van der Waals surface area contributed by atoms with Crippen molar-refractivity contribution in [3.05, 3.63) is 27.2 Å². The number of thioether (sulfide) groups is 1. The first-order valence-corrected chi connectivity index (χ1v) is 7.85. The van der Waals surface area contributed by atoms with Gasteiger partial charge in [0.15, 0.2) is 0 Å². The fourth-order valence-electron chi connectivity index (χ4n) is 2.70. The Labute approximate surface area is 114 Å². The second kappa shape index (κ2) is 4.48. The fraction of sp³-hybridized carbons (Fsp3) is 0.538. The average molecular weight is 314 g/mol. The molecule has 0 aromatic heterocycles. The fourth-order valence-corrected chi connectivity index (χ4v) is 4.59. The van der Waals surface area contributed by atoms with Crippen LogP contribution >= 0.6 is 27.7 Å². The Balaban J connectivity index is 2.16. The maximum atomic E-state index is 6.33. The molecule has 0 radical (unpaired) electrons. The molecular weight excluding hydrogens is 298 g/mol. The van der Waals surface area contributed by atoms with Crippen LogP contribution in [0.25, 0.3) is 0 Å². The lowest BCUT2D eigenvalue weighted by atomic mass is 9.95. The lowest BCUT2D eigenvalue weighted by molar-refractivity contribution is 0.354. The maximum Gasteiger partial charge on any atom is 0.127 e. The van der Waals surface area contributed by atoms with Gasteiger partial charge in [-0.25, -0.2) is 0 Å². The van der Waals surface area contributed by atoms with Gasteiger partial charge in [0.05, 0.1) is 6.61 Å². The van der Waals surface area contributed by atoms with Crippen molar-refractivity contribution in [1.29, 1.82) is 0 Å². The molecule has 4 heteroatoms. The van der Waals surface area contributed by atoms with Gasteiger partial charge in [-0.15, -0.1) is 0 Å². The number of hydrogen-bond donors (Lipinski definition) is 1. The van der Waals surface area contributed by atoms with E-state index in [1.807, 2.05) is 11.8 Å². The second-order valence-corrected chi connectivity index (χ2v) is 7.08. The summed E-state index contributed by atoms with van der Waals surface area (Å²) in [6.07, 6.45) is 2.06. The molecule has 2 heterocycles. The van der Waals surface area contributed by atoms with E-state index in [9.17, 15) is 0 Å². The molecule has 0 fully saturated rings. The third kappa shape index (κ3) is 2.00. The van der Waals surface area contributed by atoms with E-state index in [4.69, 9.17) is 10.5 Å². The Kier molecular flexibility index (Phi) is 3.13. The van der Waals surface area contributed by atoms with Crippen LogP contribution in [-0.2, 0) is 12.2 Å². The van der Waals surface area contributed by atoms with Crippen molar-refractivity contribution in [1.82, 2.24) is 0 Å². The quantitative estimate of drug-likeness (QED) is 0.797. The van der Waals surface area contributed by atoms with Crippen molar-refractivity contribution in [2.24, 2.45) is 5.73 Å². The van der Waals surface area contributed by atoms with Crippen LogP contribution in [0.5, 0.6) is 5.75 Å². The molecule has 3 rings (SSSR count). The van der Waals surface area contributed by atoms with Gasteiger partial charge in [0.25, 0.3) is 0 Å². The highest BCUT2D eigenvalue weighted by Crippen LogP contribution is 2.44. The van der Waals surface area contributed by atoms with Crippen molar-refractivity contribution in [2.45, 2.75) is 36.8 Å². The van der Waals surface area contributed by atoms with Crippen LogP contribution in [0, 0.1) is 0 Å². The van der Waals surface area contributed by atoms with E-state index in [-0.39, 0.29) is 6.04 Å². The van der Waals surface area contributed by atoms with E-state index < -0.39 is 0 Å². The van der Waals surface area contributed by atoms with Gasteiger partial charge in [0.1, 0.15) is 5.75 Å². The standard InChI is InChI=1S/C13H16BrNOS/c1-7-4-11(15)12-9(6-17-7)13-8(2-3-16-13)5-10(12)14/h5,7,11H,2-4,6,15H2,1H3/t7?,11-/m1/s1. The summed E-state index contributed by atoms with van der Waals surface area (Å²) in [7, 11) is 0. The van der Waals surface area contributed by atoms with Crippen LogP contribution in [0.2, 0.25) is 0 Å². The number of hydrogen-bond acceptors (Lipinski definition) is 3. The van der Waals surface area contributed by atoms with Gasteiger partial charge in [-0.3, -0.25) is 0 Å². The molecule has 17 heavy (non-hydrogen) atoms. The largest absolute Gasteiger partial charge is 0.493 e. The highest BCUT2D eigenvalue weighted by molar-refractivity contribution is 9.10. The Morgan fingerprint density at radius 3 is 3.18 bits per heavy atom. The predicted octanol–water partition coefficient (Wildman–Crippen LogP) is 3.41. The molecule has 0 bridgehead atoms. The number of ether oxygens (including phenoxy) is 1. The minimum absolute atomic E-state index is 0.124. The molecule has 2 atom stereocenters. The molecule has 0 amide bonds. The first kappa shape index (κ1) is 11.9. The first-order chi connectivity index (χ1) is 8.16. The number of rotatable bonds is 0. The molecule has 2 aliphatic rings. The summed E-state index contributed by atoms with van der Waals surface area (Å²) in [4.78, 5) is 0. The first-order valence-electron chi connectivity index (χ1n) is 6.01. The predicted molar refractivity (Wildman–Crippen MR) is 75.6 cm³/mol. The molecule has 2 N–H and O–H groups in total. The summed E-state index contributed by atoms with van der Waals surface area (Å²) in [6.45, 7) is 3.07. The summed E-state index contributed by atoms with van der Waals surface area (Å²) < 4.78 is 6.97. The lowest BCUT2D eigenvalue weighted by Crippen LogP contribution is -2.15. The van der Waals surface area contributed by atoms with E-state index in [1.54, 1.807) is 0 Å². The van der Waals surface area contributed by atoms with E-state index in [1.165, 1.54) is 21.2 Å². The summed E-state index contributed by atoms with van der Waals surface area (Å²) in [5.74, 6) is 2.13. The van der Waals surface area contributed by atoms with Crippen LogP contribution in [0.3, 0.4) is 0 Å². The van der Waals surface area contributed by atoms with Crippen LogP contribution < -0.4 is 10.5 Å². The summed E-state index contributed by atoms with van der Waals surface area (Å²) >= 11 is 5.67. The molecule has 2 aliphatic heterocycles. The number of nitrogens with two attached hydrogens (primary N) is 1. The number of fused-ring (bicyclic) bond motifs is 3. The lowest BCUT2D eigenvalue weighted by Gasteiger charge is -2.17. The molecule has 0 saturated heterocycles. The van der Waals surface area contributed by atoms with Gasteiger partial charge >= 0.3 is 0 Å². The Hall–Kier alpha value is -0.190. The average Bonchev–Trinajstić information content (AvgIpc) is 2.66. The van der Waals surface area contributed by atoms with Gasteiger partial charge in [-0.1, -0.05) is 22.9 Å². The van der Waals surface area contributed by atoms with Gasteiger partial charge in [-0.05, 0) is 23.6 Å². The Bertz CT molecular complexity index is 463. The van der Waals surface area contributed by atoms with Gasteiger partial charge in [-0.2, -0.15) is 11.8 Å². The van der Waals surface area contributed by atoms with Crippen molar-refractivity contribution in [3.63, 3.8) is 0 Å². The third-order valence-corrected chi connectivity index (χ3v) is 5.41. The third-order valence-electron chi connectivity index (χ3n) is 3.54. The summed E-state index contributed by atoms with van der Waals surface area (Å²) in [5, 5.41) is 0.612. The smallest absolute Gasteiger partial charge is 0.127 e. The van der Waals surface area contributed by atoms with E-state index >= 15 is 0 Å². The molecule has 2 nitrogen and oxygen atoms in total. The highest BCUT2D eigenvalue weighted by atomic mass is 79.9. The zero-order valence-electron chi connectivity index (χ0n) is 9.83. The van der Waals surface area contributed by atoms with Crippen LogP contribution in [0.1, 0.15) is 36.1 Å². The highest BCUT2D eigenvalue weighted by Gasteiger charge is 2.28. The van der Waals surface area contributed by atoms with Crippen LogP contribution in [0.15, 0.2) is 10.5 Å². The summed E-state index contributed by atoms with van der Waals surface area (Å²) in [5.41, 5.74) is 10.3. The van der Waals surface area contributed by atoms with Crippen molar-refractivity contribution >= 4 is 27.7 Å². The zero-order chi connectivity index (χ0) is 12.0. The van der Waals surface area contributed by atoms with Gasteiger partial charge in [0, 0.05) is 33.5 Å². The minimum Gasteiger partial charge on any atom is -0.493 e. The van der Waals surface area contributed by atoms with Crippen LogP contribution in [0.4, 0.5) is 0 Å². The molecule has 0 saturated carbocycles. The molecule has 1 unspecified atom stereocenters. The SMILES string of the molecule is CC1C[C@@H](N)c2c(Br)cc3c(c2CS1)OCC3. The molecular formula is C13H16BrNOS. The van der Waals surface area contributed by atoms with Crippen molar-refractivity contribution in [3.8, 4) is 5.75 Å². The molecule has 0 aliphatic carbocycles. The van der Waals surface area contributed by atoms with Crippen molar-refractivity contribution in [2.75, 3.05) is 6.61 Å². The maximum absolute atomic E-state index is 6.33. The normalized spacial score (nSPS) is 27.0. The Morgan fingerprint density at radius 1 is 1.53 bits per heavy atom. The zero-order valence-corrected chi connectivity index (χ0v) is 12.2.